The normalized spacial score (nSPS) is 12.6. The topological polar surface area (TPSA) is 17.1 Å². The molecule has 0 bridgehead atoms. The van der Waals surface area contributed by atoms with E-state index in [0.29, 0.717) is 6.42 Å². The summed E-state index contributed by atoms with van der Waals surface area (Å²) in [5.41, 5.74) is 2.13. The number of halogens is 3. The summed E-state index contributed by atoms with van der Waals surface area (Å²) in [6, 6.07) is 5.85. The van der Waals surface area contributed by atoms with Gasteiger partial charge in [0.25, 0.3) is 0 Å². The molecule has 0 aliphatic carbocycles. The molecule has 1 rings (SSSR count). The van der Waals surface area contributed by atoms with Gasteiger partial charge in [-0.15, -0.1) is 11.6 Å². The average molecular weight is 296 g/mol. The summed E-state index contributed by atoms with van der Waals surface area (Å²) in [5, 5.41) is -1.15. The first-order valence-corrected chi connectivity index (χ1v) is 5.70. The smallest absolute Gasteiger partial charge is 0.239 e. The molecule has 76 valence electrons. The molecule has 1 atom stereocenters. The zero-order valence-corrected chi connectivity index (χ0v) is 10.7. The minimum Gasteiger partial charge on any atom is -0.280 e. The lowest BCUT2D eigenvalue weighted by Crippen LogP contribution is -2.11. The highest BCUT2D eigenvalue weighted by Crippen LogP contribution is 2.19. The third kappa shape index (κ3) is 3.26. The van der Waals surface area contributed by atoms with E-state index < -0.39 is 10.6 Å². The zero-order valence-electron chi connectivity index (χ0n) is 7.56. The zero-order chi connectivity index (χ0) is 10.7. The Kier molecular flexibility index (Phi) is 4.42. The van der Waals surface area contributed by atoms with Crippen LogP contribution >= 0.6 is 39.1 Å². The summed E-state index contributed by atoms with van der Waals surface area (Å²) in [6.45, 7) is 1.99. The molecular formula is C10H9BrCl2O. The van der Waals surface area contributed by atoms with Gasteiger partial charge in [-0.05, 0) is 42.1 Å². The fourth-order valence-corrected chi connectivity index (χ4v) is 1.62. The molecule has 14 heavy (non-hydrogen) atoms. The van der Waals surface area contributed by atoms with Crippen LogP contribution in [0.15, 0.2) is 22.7 Å². The van der Waals surface area contributed by atoms with Crippen molar-refractivity contribution in [1.82, 2.24) is 0 Å². The Morgan fingerprint density at radius 1 is 1.57 bits per heavy atom. The van der Waals surface area contributed by atoms with E-state index in [1.165, 1.54) is 0 Å². The lowest BCUT2D eigenvalue weighted by atomic mass is 10.1. The minimum absolute atomic E-state index is 0.470. The average Bonchev–Trinajstić information content (AvgIpc) is 2.11. The first-order valence-electron chi connectivity index (χ1n) is 4.09. The molecule has 0 heterocycles. The SMILES string of the molecule is Cc1cc(CC(Cl)C(=O)Cl)ccc1Br. The van der Waals surface area contributed by atoms with Crippen LogP contribution in [0.3, 0.4) is 0 Å². The second-order valence-corrected chi connectivity index (χ2v) is 4.81. The van der Waals surface area contributed by atoms with Crippen LogP contribution < -0.4 is 0 Å². The number of alkyl halides is 1. The molecule has 0 aromatic heterocycles. The second kappa shape index (κ2) is 5.15. The summed E-state index contributed by atoms with van der Waals surface area (Å²) in [7, 11) is 0. The van der Waals surface area contributed by atoms with Gasteiger partial charge in [0.1, 0.15) is 5.38 Å². The maximum absolute atomic E-state index is 10.7. The monoisotopic (exact) mass is 294 g/mol. The predicted octanol–water partition coefficient (Wildman–Crippen LogP) is 3.67. The minimum atomic E-state index is -0.641. The van der Waals surface area contributed by atoms with Gasteiger partial charge in [-0.2, -0.15) is 0 Å². The molecule has 1 nitrogen and oxygen atoms in total. The molecular weight excluding hydrogens is 287 g/mol. The van der Waals surface area contributed by atoms with Crippen LogP contribution in [0.1, 0.15) is 11.1 Å². The predicted molar refractivity (Wildman–Crippen MR) is 63.1 cm³/mol. The summed E-state index contributed by atoms with van der Waals surface area (Å²) < 4.78 is 1.05. The molecule has 0 fully saturated rings. The Labute approximate surface area is 102 Å². The third-order valence-electron chi connectivity index (χ3n) is 1.88. The van der Waals surface area contributed by atoms with Gasteiger partial charge < -0.3 is 0 Å². The van der Waals surface area contributed by atoms with E-state index in [0.717, 1.165) is 15.6 Å². The van der Waals surface area contributed by atoms with Crippen molar-refractivity contribution in [2.45, 2.75) is 18.7 Å². The van der Waals surface area contributed by atoms with Gasteiger partial charge in [-0.1, -0.05) is 28.1 Å². The van der Waals surface area contributed by atoms with Gasteiger partial charge in [0, 0.05) is 4.47 Å². The number of hydrogen-bond acceptors (Lipinski definition) is 1. The third-order valence-corrected chi connectivity index (χ3v) is 3.50. The number of aryl methyl sites for hydroxylation is 1. The highest BCUT2D eigenvalue weighted by atomic mass is 79.9. The molecule has 4 heteroatoms. The van der Waals surface area contributed by atoms with Gasteiger partial charge in [0.15, 0.2) is 0 Å². The Hall–Kier alpha value is -0.0500. The van der Waals surface area contributed by atoms with Crippen molar-refractivity contribution in [1.29, 1.82) is 0 Å². The molecule has 1 aromatic rings. The van der Waals surface area contributed by atoms with Crippen LogP contribution in [-0.2, 0) is 11.2 Å². The van der Waals surface area contributed by atoms with Crippen molar-refractivity contribution in [3.05, 3.63) is 33.8 Å². The lowest BCUT2D eigenvalue weighted by Gasteiger charge is -2.06. The Morgan fingerprint density at radius 2 is 2.21 bits per heavy atom. The number of carbonyl (C=O) groups excluding carboxylic acids is 1. The van der Waals surface area contributed by atoms with Crippen LogP contribution in [0.5, 0.6) is 0 Å². The van der Waals surface area contributed by atoms with E-state index in [1.54, 1.807) is 0 Å². The van der Waals surface area contributed by atoms with Crippen molar-refractivity contribution >= 4 is 44.4 Å². The maximum Gasteiger partial charge on any atom is 0.239 e. The number of benzene rings is 1. The Morgan fingerprint density at radius 3 is 2.71 bits per heavy atom. The summed E-state index contributed by atoms with van der Waals surface area (Å²) >= 11 is 14.4. The number of carbonyl (C=O) groups is 1. The molecule has 0 amide bonds. The molecule has 1 aromatic carbocycles. The standard InChI is InChI=1S/C10H9BrCl2O/c1-6-4-7(2-3-8(6)11)5-9(12)10(13)14/h2-4,9H,5H2,1H3. The fraction of sp³-hybridized carbons (Fsp3) is 0.300. The van der Waals surface area contributed by atoms with E-state index in [1.807, 2.05) is 25.1 Å². The van der Waals surface area contributed by atoms with Crippen molar-refractivity contribution in [2.24, 2.45) is 0 Å². The number of hydrogen-bond donors (Lipinski definition) is 0. The van der Waals surface area contributed by atoms with E-state index in [4.69, 9.17) is 23.2 Å². The molecule has 0 spiro atoms. The molecule has 0 aliphatic rings. The molecule has 0 saturated heterocycles. The molecule has 0 N–H and O–H groups in total. The van der Waals surface area contributed by atoms with Crippen LogP contribution in [0.25, 0.3) is 0 Å². The van der Waals surface area contributed by atoms with Crippen LogP contribution in [0.4, 0.5) is 0 Å². The van der Waals surface area contributed by atoms with Crippen molar-refractivity contribution in [2.75, 3.05) is 0 Å². The first kappa shape index (κ1) is 12.0. The molecule has 0 saturated carbocycles. The van der Waals surface area contributed by atoms with Crippen molar-refractivity contribution in [3.63, 3.8) is 0 Å². The largest absolute Gasteiger partial charge is 0.280 e. The van der Waals surface area contributed by atoms with E-state index >= 15 is 0 Å². The van der Waals surface area contributed by atoms with Gasteiger partial charge >= 0.3 is 0 Å². The van der Waals surface area contributed by atoms with Crippen molar-refractivity contribution < 1.29 is 4.79 Å². The lowest BCUT2D eigenvalue weighted by molar-refractivity contribution is -0.111. The van der Waals surface area contributed by atoms with Crippen molar-refractivity contribution in [3.8, 4) is 0 Å². The Bertz CT molecular complexity index is 352. The van der Waals surface area contributed by atoms with Crippen LogP contribution in [0.2, 0.25) is 0 Å². The quantitative estimate of drug-likeness (QED) is 0.614. The van der Waals surface area contributed by atoms with Crippen LogP contribution in [0, 0.1) is 6.92 Å². The van der Waals surface area contributed by atoms with E-state index in [-0.39, 0.29) is 0 Å². The molecule has 0 radical (unpaired) electrons. The van der Waals surface area contributed by atoms with Gasteiger partial charge in [-0.25, -0.2) is 0 Å². The molecule has 1 unspecified atom stereocenters. The maximum atomic E-state index is 10.7. The summed E-state index contributed by atoms with van der Waals surface area (Å²) in [5.74, 6) is 0. The van der Waals surface area contributed by atoms with Crippen LogP contribution in [-0.4, -0.2) is 10.6 Å². The summed E-state index contributed by atoms with van der Waals surface area (Å²) in [6.07, 6.45) is 0.470. The van der Waals surface area contributed by atoms with E-state index in [9.17, 15) is 4.79 Å². The molecule has 0 aliphatic heterocycles. The highest BCUT2D eigenvalue weighted by molar-refractivity contribution is 9.10. The second-order valence-electron chi connectivity index (χ2n) is 3.06. The summed E-state index contributed by atoms with van der Waals surface area (Å²) in [4.78, 5) is 10.7. The van der Waals surface area contributed by atoms with Gasteiger partial charge in [-0.3, -0.25) is 4.79 Å². The first-order chi connectivity index (χ1) is 6.50. The number of rotatable bonds is 3. The van der Waals surface area contributed by atoms with Gasteiger partial charge in [0.05, 0.1) is 0 Å². The van der Waals surface area contributed by atoms with E-state index in [2.05, 4.69) is 15.9 Å². The highest BCUT2D eigenvalue weighted by Gasteiger charge is 2.13. The van der Waals surface area contributed by atoms with Gasteiger partial charge in [0.2, 0.25) is 5.24 Å². The fourth-order valence-electron chi connectivity index (χ4n) is 1.12. The Balaban J connectivity index is 2.78.